The first-order valence-corrected chi connectivity index (χ1v) is 8.47. The SMILES string of the molecule is CC(=O)c1cccc(Nc2cc(C)nc(Nc3ccc4c(c3)OCO4)n2)c1. The second-order valence-electron chi connectivity index (χ2n) is 6.17. The van der Waals surface area contributed by atoms with Crippen LogP contribution in [0, 0.1) is 6.92 Å². The lowest BCUT2D eigenvalue weighted by atomic mass is 10.1. The van der Waals surface area contributed by atoms with E-state index in [-0.39, 0.29) is 12.6 Å². The maximum absolute atomic E-state index is 11.6. The highest BCUT2D eigenvalue weighted by Crippen LogP contribution is 2.34. The lowest BCUT2D eigenvalue weighted by Crippen LogP contribution is -2.03. The fourth-order valence-electron chi connectivity index (χ4n) is 2.76. The van der Waals surface area contributed by atoms with Crippen molar-refractivity contribution in [3.05, 3.63) is 59.8 Å². The Morgan fingerprint density at radius 2 is 1.78 bits per heavy atom. The van der Waals surface area contributed by atoms with Gasteiger partial charge in [0.2, 0.25) is 12.7 Å². The van der Waals surface area contributed by atoms with Crippen LogP contribution < -0.4 is 20.1 Å². The molecule has 4 rings (SSSR count). The van der Waals surface area contributed by atoms with Gasteiger partial charge < -0.3 is 20.1 Å². The number of Topliss-reactive ketones (excluding diaryl/α,β-unsaturated/α-hetero) is 1. The van der Waals surface area contributed by atoms with Gasteiger partial charge in [0.15, 0.2) is 17.3 Å². The van der Waals surface area contributed by atoms with Gasteiger partial charge in [-0.1, -0.05) is 12.1 Å². The lowest BCUT2D eigenvalue weighted by molar-refractivity contribution is 0.101. The minimum Gasteiger partial charge on any atom is -0.454 e. The molecule has 27 heavy (non-hydrogen) atoms. The number of hydrogen-bond acceptors (Lipinski definition) is 7. The average molecular weight is 362 g/mol. The fraction of sp³-hybridized carbons (Fsp3) is 0.150. The third-order valence-electron chi connectivity index (χ3n) is 4.02. The number of aryl methyl sites for hydroxylation is 1. The van der Waals surface area contributed by atoms with Crippen LogP contribution in [0.2, 0.25) is 0 Å². The summed E-state index contributed by atoms with van der Waals surface area (Å²) in [6.45, 7) is 3.66. The molecule has 7 nitrogen and oxygen atoms in total. The van der Waals surface area contributed by atoms with Crippen LogP contribution >= 0.6 is 0 Å². The number of carbonyl (C=O) groups is 1. The largest absolute Gasteiger partial charge is 0.454 e. The summed E-state index contributed by atoms with van der Waals surface area (Å²) in [6, 6.07) is 14.7. The number of hydrogen-bond donors (Lipinski definition) is 2. The Kier molecular flexibility index (Phi) is 4.33. The van der Waals surface area contributed by atoms with Crippen LogP contribution in [0.3, 0.4) is 0 Å². The summed E-state index contributed by atoms with van der Waals surface area (Å²) in [5.74, 6) is 2.51. The molecule has 2 aromatic carbocycles. The number of rotatable bonds is 5. The van der Waals surface area contributed by atoms with Crippen LogP contribution in [0.15, 0.2) is 48.5 Å². The topological polar surface area (TPSA) is 85.4 Å². The molecule has 1 aliphatic heterocycles. The van der Waals surface area contributed by atoms with Crippen molar-refractivity contribution in [2.75, 3.05) is 17.4 Å². The standard InChI is InChI=1S/C20H18N4O3/c1-12-8-19(22-15-5-3-4-14(9-15)13(2)25)24-20(21-12)23-16-6-7-17-18(10-16)27-11-26-17/h3-10H,11H2,1-2H3,(H2,21,22,23,24). The van der Waals surface area contributed by atoms with Crippen LogP contribution in [0.25, 0.3) is 0 Å². The molecule has 0 spiro atoms. The van der Waals surface area contributed by atoms with Crippen LogP contribution in [-0.2, 0) is 0 Å². The molecule has 3 aromatic rings. The van der Waals surface area contributed by atoms with Crippen molar-refractivity contribution < 1.29 is 14.3 Å². The Hall–Kier alpha value is -3.61. The molecule has 0 saturated carbocycles. The maximum Gasteiger partial charge on any atom is 0.231 e. The Bertz CT molecular complexity index is 1020. The molecule has 2 heterocycles. The molecule has 0 unspecified atom stereocenters. The van der Waals surface area contributed by atoms with Gasteiger partial charge in [-0.25, -0.2) is 4.98 Å². The molecule has 2 N–H and O–H groups in total. The molecule has 0 bridgehead atoms. The van der Waals surface area contributed by atoms with Crippen LogP contribution in [-0.4, -0.2) is 22.5 Å². The molecule has 1 aromatic heterocycles. The number of ether oxygens (including phenoxy) is 2. The van der Waals surface area contributed by atoms with Gasteiger partial charge in [0, 0.05) is 34.8 Å². The first kappa shape index (κ1) is 16.8. The van der Waals surface area contributed by atoms with Gasteiger partial charge in [-0.2, -0.15) is 4.98 Å². The Labute approximate surface area is 156 Å². The highest BCUT2D eigenvalue weighted by molar-refractivity contribution is 5.95. The molecule has 0 saturated heterocycles. The van der Waals surface area contributed by atoms with E-state index in [1.165, 1.54) is 0 Å². The van der Waals surface area contributed by atoms with Gasteiger partial charge in [-0.3, -0.25) is 4.79 Å². The second kappa shape index (κ2) is 6.95. The van der Waals surface area contributed by atoms with E-state index in [2.05, 4.69) is 20.6 Å². The van der Waals surface area contributed by atoms with Crippen molar-refractivity contribution in [3.63, 3.8) is 0 Å². The van der Waals surface area contributed by atoms with Crippen molar-refractivity contribution in [1.82, 2.24) is 9.97 Å². The molecule has 0 atom stereocenters. The highest BCUT2D eigenvalue weighted by Gasteiger charge is 2.14. The second-order valence-corrected chi connectivity index (χ2v) is 6.17. The molecule has 1 aliphatic rings. The molecule has 136 valence electrons. The molecule has 0 amide bonds. The van der Waals surface area contributed by atoms with Crippen molar-refractivity contribution >= 4 is 28.9 Å². The normalized spacial score (nSPS) is 11.9. The Balaban J connectivity index is 1.56. The van der Waals surface area contributed by atoms with E-state index in [9.17, 15) is 4.79 Å². The lowest BCUT2D eigenvalue weighted by Gasteiger charge is -2.11. The number of nitrogens with zero attached hydrogens (tertiary/aromatic N) is 2. The number of ketones is 1. The number of nitrogens with one attached hydrogen (secondary N) is 2. The Morgan fingerprint density at radius 3 is 2.63 bits per heavy atom. The summed E-state index contributed by atoms with van der Waals surface area (Å²) in [5, 5.41) is 6.40. The monoisotopic (exact) mass is 362 g/mol. The van der Waals surface area contributed by atoms with E-state index >= 15 is 0 Å². The summed E-state index contributed by atoms with van der Waals surface area (Å²) in [7, 11) is 0. The first-order chi connectivity index (χ1) is 13.1. The van der Waals surface area contributed by atoms with Crippen molar-refractivity contribution in [3.8, 4) is 11.5 Å². The zero-order valence-corrected chi connectivity index (χ0v) is 14.9. The minimum atomic E-state index is 0.0164. The molecular formula is C20H18N4O3. The van der Waals surface area contributed by atoms with E-state index in [1.54, 1.807) is 19.1 Å². The average Bonchev–Trinajstić information content (AvgIpc) is 3.09. The number of carbonyl (C=O) groups excluding carboxylic acids is 1. The molecule has 0 fully saturated rings. The summed E-state index contributed by atoms with van der Waals surface area (Å²) < 4.78 is 10.7. The van der Waals surface area contributed by atoms with Gasteiger partial charge in [0.1, 0.15) is 5.82 Å². The first-order valence-electron chi connectivity index (χ1n) is 8.47. The zero-order chi connectivity index (χ0) is 18.8. The summed E-state index contributed by atoms with van der Waals surface area (Å²) in [4.78, 5) is 20.5. The summed E-state index contributed by atoms with van der Waals surface area (Å²) in [5.41, 5.74) is 3.03. The Morgan fingerprint density at radius 1 is 0.963 bits per heavy atom. The fourth-order valence-corrected chi connectivity index (χ4v) is 2.76. The van der Waals surface area contributed by atoms with Crippen molar-refractivity contribution in [1.29, 1.82) is 0 Å². The quantitative estimate of drug-likeness (QED) is 0.658. The van der Waals surface area contributed by atoms with Gasteiger partial charge >= 0.3 is 0 Å². The van der Waals surface area contributed by atoms with E-state index in [0.717, 1.165) is 22.8 Å². The predicted molar refractivity (Wildman–Crippen MR) is 102 cm³/mol. The van der Waals surface area contributed by atoms with Crippen LogP contribution in [0.1, 0.15) is 23.0 Å². The molecular weight excluding hydrogens is 344 g/mol. The van der Waals surface area contributed by atoms with E-state index in [4.69, 9.17) is 9.47 Å². The summed E-state index contributed by atoms with van der Waals surface area (Å²) >= 11 is 0. The highest BCUT2D eigenvalue weighted by atomic mass is 16.7. The van der Waals surface area contributed by atoms with Crippen molar-refractivity contribution in [2.24, 2.45) is 0 Å². The minimum absolute atomic E-state index is 0.0164. The summed E-state index contributed by atoms with van der Waals surface area (Å²) in [6.07, 6.45) is 0. The van der Waals surface area contributed by atoms with Crippen molar-refractivity contribution in [2.45, 2.75) is 13.8 Å². The zero-order valence-electron chi connectivity index (χ0n) is 14.9. The predicted octanol–water partition coefficient (Wildman–Crippen LogP) is 4.20. The van der Waals surface area contributed by atoms with Gasteiger partial charge in [-0.15, -0.1) is 0 Å². The number of fused-ring (bicyclic) bond motifs is 1. The molecule has 7 heteroatoms. The number of aromatic nitrogens is 2. The van der Waals surface area contributed by atoms with Gasteiger partial charge in [0.25, 0.3) is 0 Å². The van der Waals surface area contributed by atoms with Crippen LogP contribution in [0.5, 0.6) is 11.5 Å². The van der Waals surface area contributed by atoms with Gasteiger partial charge in [0.05, 0.1) is 0 Å². The van der Waals surface area contributed by atoms with Gasteiger partial charge in [-0.05, 0) is 38.1 Å². The third kappa shape index (κ3) is 3.82. The number of anilines is 4. The molecule has 0 aliphatic carbocycles. The smallest absolute Gasteiger partial charge is 0.231 e. The third-order valence-corrected chi connectivity index (χ3v) is 4.02. The molecule has 0 radical (unpaired) electrons. The van der Waals surface area contributed by atoms with E-state index in [1.807, 2.05) is 43.3 Å². The van der Waals surface area contributed by atoms with Crippen LogP contribution in [0.4, 0.5) is 23.1 Å². The van der Waals surface area contributed by atoms with E-state index < -0.39 is 0 Å². The number of benzene rings is 2. The maximum atomic E-state index is 11.6. The van der Waals surface area contributed by atoms with E-state index in [0.29, 0.717) is 23.1 Å².